The molecule has 2 atom stereocenters. The number of ether oxygens (including phenoxy) is 1. The average Bonchev–Trinajstić information content (AvgIpc) is 3.48. The molecule has 0 fully saturated rings. The first-order valence-corrected chi connectivity index (χ1v) is 12.4. The molecule has 0 aliphatic carbocycles. The lowest BCUT2D eigenvalue weighted by atomic mass is 9.99. The van der Waals surface area contributed by atoms with Gasteiger partial charge in [0.25, 0.3) is 0 Å². The van der Waals surface area contributed by atoms with Gasteiger partial charge in [-0.2, -0.15) is 5.10 Å². The molecule has 2 aromatic rings. The van der Waals surface area contributed by atoms with Gasteiger partial charge in [0.1, 0.15) is 0 Å². The fourth-order valence-electron chi connectivity index (χ4n) is 3.84. The predicted molar refractivity (Wildman–Crippen MR) is 136 cm³/mol. The number of aromatic nitrogens is 3. The number of carbonyl (C=O) groups is 1. The fourth-order valence-corrected chi connectivity index (χ4v) is 4.77. The van der Waals surface area contributed by atoms with Crippen molar-refractivity contribution in [2.45, 2.75) is 33.2 Å². The highest BCUT2D eigenvalue weighted by molar-refractivity contribution is 8.01. The van der Waals surface area contributed by atoms with Crippen LogP contribution in [0.1, 0.15) is 32.9 Å². The molecule has 0 aromatic carbocycles. The van der Waals surface area contributed by atoms with Crippen LogP contribution in [0, 0.1) is 5.92 Å². The monoisotopic (exact) mass is 484 g/mol. The molecule has 0 saturated carbocycles. The van der Waals surface area contributed by atoms with Crippen molar-refractivity contribution in [2.24, 2.45) is 11.0 Å². The minimum atomic E-state index is -0.246. The Bertz CT molecular complexity index is 1110. The number of carbonyl (C=O) groups excluding carboxylic acids is 1. The Morgan fingerprint density at radius 3 is 3.00 bits per heavy atom. The van der Waals surface area contributed by atoms with Crippen molar-refractivity contribution in [1.82, 2.24) is 29.0 Å². The van der Waals surface area contributed by atoms with Crippen LogP contribution in [0.2, 0.25) is 0 Å². The molecule has 2 unspecified atom stereocenters. The molecular weight excluding hydrogens is 452 g/mol. The predicted octanol–water partition coefficient (Wildman–Crippen LogP) is 3.42. The van der Waals surface area contributed by atoms with E-state index in [4.69, 9.17) is 4.74 Å². The van der Waals surface area contributed by atoms with E-state index in [1.807, 2.05) is 48.9 Å². The molecule has 2 aromatic heterocycles. The SMILES string of the molecule is CCOC(=O)N(CC)CCC(C)C1C=C(Nc2nccn3c(C4=CCN(C)N=C4)cnc23)SN1. The van der Waals surface area contributed by atoms with E-state index >= 15 is 0 Å². The molecule has 0 spiro atoms. The molecule has 0 saturated heterocycles. The number of nitrogens with one attached hydrogen (secondary N) is 2. The number of likely N-dealkylation sites (N-methyl/N-ethyl adjacent to an activating group) is 1. The third-order valence-corrected chi connectivity index (χ3v) is 6.79. The third-order valence-electron chi connectivity index (χ3n) is 5.95. The summed E-state index contributed by atoms with van der Waals surface area (Å²) in [7, 11) is 1.94. The highest BCUT2D eigenvalue weighted by Gasteiger charge is 2.24. The van der Waals surface area contributed by atoms with E-state index in [1.54, 1.807) is 23.0 Å². The largest absolute Gasteiger partial charge is 0.450 e. The number of hydrazone groups is 1. The summed E-state index contributed by atoms with van der Waals surface area (Å²) in [6.45, 7) is 8.45. The quantitative estimate of drug-likeness (QED) is 0.523. The Morgan fingerprint density at radius 1 is 1.41 bits per heavy atom. The van der Waals surface area contributed by atoms with E-state index in [0.29, 0.717) is 31.4 Å². The Kier molecular flexibility index (Phi) is 7.73. The minimum Gasteiger partial charge on any atom is -0.450 e. The van der Waals surface area contributed by atoms with Gasteiger partial charge in [0.05, 0.1) is 36.3 Å². The van der Waals surface area contributed by atoms with Crippen LogP contribution in [-0.4, -0.2) is 75.9 Å². The third kappa shape index (κ3) is 5.36. The van der Waals surface area contributed by atoms with Crippen LogP contribution in [0.3, 0.4) is 0 Å². The van der Waals surface area contributed by atoms with Crippen molar-refractivity contribution >= 4 is 41.3 Å². The van der Waals surface area contributed by atoms with Crippen molar-refractivity contribution in [3.05, 3.63) is 41.5 Å². The molecule has 2 N–H and O–H groups in total. The molecule has 4 rings (SSSR count). The standard InChI is InChI=1S/C23H32N8O2S/c1-5-30(23(32)33-6-2)11-7-16(3)18-13-20(34-28-18)27-21-22-25-15-19(31(22)12-9-24-21)17-8-10-29(4)26-14-17/h8-9,12-16,18,28H,5-7,10-11H2,1-4H3,(H,24,27). The summed E-state index contributed by atoms with van der Waals surface area (Å²) in [5.41, 5.74) is 2.78. The first kappa shape index (κ1) is 24.1. The number of hydrogen-bond donors (Lipinski definition) is 2. The Balaban J connectivity index is 1.41. The number of allylic oxidation sites excluding steroid dienone is 1. The van der Waals surface area contributed by atoms with Gasteiger partial charge in [0, 0.05) is 44.1 Å². The van der Waals surface area contributed by atoms with Crippen LogP contribution in [0.25, 0.3) is 11.2 Å². The number of hydrogen-bond acceptors (Lipinski definition) is 9. The van der Waals surface area contributed by atoms with E-state index in [0.717, 1.165) is 34.9 Å². The Labute approximate surface area is 204 Å². The minimum absolute atomic E-state index is 0.184. The summed E-state index contributed by atoms with van der Waals surface area (Å²) in [5, 5.41) is 10.7. The summed E-state index contributed by atoms with van der Waals surface area (Å²) in [5.74, 6) is 1.04. The van der Waals surface area contributed by atoms with Crippen LogP contribution >= 0.6 is 11.9 Å². The number of rotatable bonds is 9. The fraction of sp³-hybridized carbons (Fsp3) is 0.478. The Morgan fingerprint density at radius 2 is 2.26 bits per heavy atom. The lowest BCUT2D eigenvalue weighted by Gasteiger charge is -2.23. The summed E-state index contributed by atoms with van der Waals surface area (Å²) in [6, 6.07) is 0.184. The van der Waals surface area contributed by atoms with Crippen molar-refractivity contribution in [1.29, 1.82) is 0 Å². The van der Waals surface area contributed by atoms with Gasteiger partial charge in [-0.15, -0.1) is 0 Å². The van der Waals surface area contributed by atoms with Crippen molar-refractivity contribution in [3.8, 4) is 0 Å². The van der Waals surface area contributed by atoms with E-state index in [1.165, 1.54) is 0 Å². The summed E-state index contributed by atoms with van der Waals surface area (Å²) >= 11 is 1.55. The van der Waals surface area contributed by atoms with E-state index in [9.17, 15) is 4.79 Å². The molecule has 1 amide bonds. The van der Waals surface area contributed by atoms with Gasteiger partial charge in [-0.05, 0) is 44.2 Å². The maximum absolute atomic E-state index is 12.0. The zero-order chi connectivity index (χ0) is 24.1. The maximum Gasteiger partial charge on any atom is 0.409 e. The number of anilines is 1. The second-order valence-corrected chi connectivity index (χ2v) is 9.18. The highest BCUT2D eigenvalue weighted by Crippen LogP contribution is 2.29. The van der Waals surface area contributed by atoms with Gasteiger partial charge in [0.15, 0.2) is 11.5 Å². The molecule has 2 aliphatic rings. The second-order valence-electron chi connectivity index (χ2n) is 8.30. The van der Waals surface area contributed by atoms with Crippen LogP contribution in [0.5, 0.6) is 0 Å². The molecule has 4 heterocycles. The normalized spacial score (nSPS) is 18.6. The van der Waals surface area contributed by atoms with Gasteiger partial charge in [-0.1, -0.05) is 13.0 Å². The van der Waals surface area contributed by atoms with Gasteiger partial charge >= 0.3 is 6.09 Å². The van der Waals surface area contributed by atoms with Gasteiger partial charge in [-0.3, -0.25) is 14.1 Å². The lowest BCUT2D eigenvalue weighted by molar-refractivity contribution is 0.107. The van der Waals surface area contributed by atoms with Crippen molar-refractivity contribution in [3.63, 3.8) is 0 Å². The number of imidazole rings is 1. The second kappa shape index (κ2) is 10.9. The molecule has 10 nitrogen and oxygen atoms in total. The van der Waals surface area contributed by atoms with Crippen molar-refractivity contribution < 1.29 is 9.53 Å². The topological polar surface area (TPSA) is 99.4 Å². The zero-order valence-corrected chi connectivity index (χ0v) is 20.9. The van der Waals surface area contributed by atoms with Gasteiger partial charge < -0.3 is 15.0 Å². The summed E-state index contributed by atoms with van der Waals surface area (Å²) in [4.78, 5) is 22.9. The first-order valence-electron chi connectivity index (χ1n) is 11.6. The van der Waals surface area contributed by atoms with Gasteiger partial charge in [0.2, 0.25) is 0 Å². The molecule has 0 radical (unpaired) electrons. The zero-order valence-electron chi connectivity index (χ0n) is 20.1. The molecule has 11 heteroatoms. The van der Waals surface area contributed by atoms with Crippen LogP contribution < -0.4 is 10.0 Å². The van der Waals surface area contributed by atoms with Crippen LogP contribution in [0.15, 0.2) is 40.9 Å². The molecule has 0 bridgehead atoms. The van der Waals surface area contributed by atoms with Crippen LogP contribution in [-0.2, 0) is 4.74 Å². The average molecular weight is 485 g/mol. The van der Waals surface area contributed by atoms with E-state index in [2.05, 4.69) is 44.2 Å². The number of nitrogens with zero attached hydrogens (tertiary/aromatic N) is 6. The smallest absolute Gasteiger partial charge is 0.409 e. The van der Waals surface area contributed by atoms with E-state index in [-0.39, 0.29) is 12.1 Å². The highest BCUT2D eigenvalue weighted by atomic mass is 32.2. The lowest BCUT2D eigenvalue weighted by Crippen LogP contribution is -2.35. The number of fused-ring (bicyclic) bond motifs is 1. The van der Waals surface area contributed by atoms with Crippen LogP contribution in [0.4, 0.5) is 10.6 Å². The first-order chi connectivity index (χ1) is 16.5. The summed E-state index contributed by atoms with van der Waals surface area (Å²) < 4.78 is 10.6. The molecular formula is C23H32N8O2S. The van der Waals surface area contributed by atoms with E-state index < -0.39 is 0 Å². The Hall–Kier alpha value is -3.05. The van der Waals surface area contributed by atoms with Crippen molar-refractivity contribution in [2.75, 3.05) is 38.6 Å². The number of amides is 1. The maximum atomic E-state index is 12.0. The molecule has 34 heavy (non-hydrogen) atoms. The molecule has 2 aliphatic heterocycles. The molecule has 182 valence electrons. The van der Waals surface area contributed by atoms with Gasteiger partial charge in [-0.25, -0.2) is 14.8 Å². The summed E-state index contributed by atoms with van der Waals surface area (Å²) in [6.07, 6.45) is 12.3.